The summed E-state index contributed by atoms with van der Waals surface area (Å²) in [7, 11) is 0. The molecule has 2 heterocycles. The van der Waals surface area contributed by atoms with Crippen LogP contribution >= 0.6 is 23.5 Å². The molecule has 61 heavy (non-hydrogen) atoms. The molecule has 0 spiro atoms. The van der Waals surface area contributed by atoms with Gasteiger partial charge in [-0.1, -0.05) is 0 Å². The number of amides is 5. The highest BCUT2D eigenvalue weighted by Gasteiger charge is 2.29. The highest BCUT2D eigenvalue weighted by atomic mass is 32.2. The predicted molar refractivity (Wildman–Crippen MR) is 247 cm³/mol. The number of ether oxygens (including phenoxy) is 4. The molecule has 15 nitrogen and oxygen atoms in total. The molecule has 5 amide bonds. The van der Waals surface area contributed by atoms with Gasteiger partial charge >= 0.3 is 24.4 Å². The molecule has 2 rings (SSSR count). The zero-order valence-electron chi connectivity index (χ0n) is 39.9. The van der Waals surface area contributed by atoms with Gasteiger partial charge in [-0.25, -0.2) is 19.2 Å². The standard InChI is InChI=1S/C44H82N6O9S2/c1-41(2,3)56-37(52)47-25-17-33-60-31-15-19-45(20-16-32-61-34-18-26-47)35-36(51)46-21-13-22-49(39(54)58-43(7,8)9)29-30-50(40(55)59-44(10,11)12)24-14-23-48(28-27-46)38(53)57-42(4,5)6/h13-35H2,1-12H3. The highest BCUT2D eigenvalue weighted by molar-refractivity contribution is 7.99. The van der Waals surface area contributed by atoms with Gasteiger partial charge in [-0.15, -0.1) is 0 Å². The fraction of sp³-hybridized carbons (Fsp3) is 0.886. The Labute approximate surface area is 376 Å². The van der Waals surface area contributed by atoms with Gasteiger partial charge in [0, 0.05) is 65.4 Å². The van der Waals surface area contributed by atoms with Gasteiger partial charge in [0.15, 0.2) is 0 Å². The summed E-state index contributed by atoms with van der Waals surface area (Å²) in [4.78, 5) is 78.3. The van der Waals surface area contributed by atoms with Crippen molar-refractivity contribution in [3.63, 3.8) is 0 Å². The monoisotopic (exact) mass is 903 g/mol. The van der Waals surface area contributed by atoms with Crippen LogP contribution in [0.1, 0.15) is 122 Å². The Bertz CT molecular complexity index is 1340. The number of hydrogen-bond donors (Lipinski definition) is 0. The lowest BCUT2D eigenvalue weighted by Gasteiger charge is -2.34. The van der Waals surface area contributed by atoms with Gasteiger partial charge < -0.3 is 43.4 Å². The van der Waals surface area contributed by atoms with Crippen LogP contribution in [-0.2, 0) is 23.7 Å². The maximum atomic E-state index is 14.3. The second-order valence-corrected chi connectivity index (χ2v) is 22.3. The van der Waals surface area contributed by atoms with Gasteiger partial charge in [0.1, 0.15) is 22.4 Å². The van der Waals surface area contributed by atoms with E-state index in [-0.39, 0.29) is 44.7 Å². The van der Waals surface area contributed by atoms with Crippen LogP contribution < -0.4 is 0 Å². The highest BCUT2D eigenvalue weighted by Crippen LogP contribution is 2.18. The third kappa shape index (κ3) is 25.2. The topological polar surface area (TPSA) is 142 Å². The van der Waals surface area contributed by atoms with E-state index in [0.717, 1.165) is 61.8 Å². The first-order valence-corrected chi connectivity index (χ1v) is 24.7. The molecule has 2 fully saturated rings. The van der Waals surface area contributed by atoms with Crippen LogP contribution in [0.5, 0.6) is 0 Å². The second-order valence-electron chi connectivity index (χ2n) is 19.9. The Morgan fingerprint density at radius 2 is 0.607 bits per heavy atom. The van der Waals surface area contributed by atoms with Crippen molar-refractivity contribution in [2.45, 2.75) is 144 Å². The smallest absolute Gasteiger partial charge is 0.410 e. The van der Waals surface area contributed by atoms with E-state index < -0.39 is 40.7 Å². The molecule has 0 aliphatic carbocycles. The normalized spacial score (nSPS) is 19.4. The van der Waals surface area contributed by atoms with Crippen molar-refractivity contribution >= 4 is 53.8 Å². The van der Waals surface area contributed by atoms with Crippen LogP contribution in [0.15, 0.2) is 0 Å². The van der Waals surface area contributed by atoms with E-state index in [2.05, 4.69) is 4.90 Å². The van der Waals surface area contributed by atoms with Crippen molar-refractivity contribution in [3.8, 4) is 0 Å². The van der Waals surface area contributed by atoms with E-state index in [1.807, 2.05) is 116 Å². The van der Waals surface area contributed by atoms with E-state index in [9.17, 15) is 24.0 Å². The molecule has 0 saturated carbocycles. The van der Waals surface area contributed by atoms with Crippen LogP contribution in [0.3, 0.4) is 0 Å². The molecular weight excluding hydrogens is 821 g/mol. The molecule has 0 radical (unpaired) electrons. The van der Waals surface area contributed by atoms with Crippen molar-refractivity contribution in [2.24, 2.45) is 0 Å². The largest absolute Gasteiger partial charge is 0.444 e. The lowest BCUT2D eigenvalue weighted by molar-refractivity contribution is -0.132. The van der Waals surface area contributed by atoms with Crippen molar-refractivity contribution in [2.75, 3.05) is 108 Å². The Morgan fingerprint density at radius 1 is 0.361 bits per heavy atom. The second kappa shape index (κ2) is 26.1. The van der Waals surface area contributed by atoms with E-state index in [1.54, 1.807) is 14.7 Å². The Balaban J connectivity index is 2.25. The maximum Gasteiger partial charge on any atom is 0.410 e. The summed E-state index contributed by atoms with van der Waals surface area (Å²) in [6.07, 6.45) is 2.86. The summed E-state index contributed by atoms with van der Waals surface area (Å²) in [5.41, 5.74) is -2.67. The Kier molecular flexibility index (Phi) is 23.3. The molecule has 0 aromatic rings. The fourth-order valence-electron chi connectivity index (χ4n) is 6.49. The first-order valence-electron chi connectivity index (χ1n) is 22.4. The molecule has 2 aliphatic rings. The average molecular weight is 903 g/mol. The van der Waals surface area contributed by atoms with Crippen LogP contribution in [0.4, 0.5) is 19.2 Å². The zero-order valence-corrected chi connectivity index (χ0v) is 41.6. The lowest BCUT2D eigenvalue weighted by atomic mass is 10.2. The van der Waals surface area contributed by atoms with Crippen molar-refractivity contribution in [1.29, 1.82) is 0 Å². The van der Waals surface area contributed by atoms with Gasteiger partial charge in [0.25, 0.3) is 0 Å². The van der Waals surface area contributed by atoms with Gasteiger partial charge in [0.05, 0.1) is 6.54 Å². The lowest BCUT2D eigenvalue weighted by Crippen LogP contribution is -2.49. The number of hydrogen-bond acceptors (Lipinski definition) is 12. The van der Waals surface area contributed by atoms with E-state index in [0.29, 0.717) is 52.1 Å². The molecule has 17 heteroatoms. The molecular formula is C44H82N6O9S2. The quantitative estimate of drug-likeness (QED) is 0.249. The first kappa shape index (κ1) is 54.3. The van der Waals surface area contributed by atoms with Gasteiger partial charge in [0.2, 0.25) is 5.91 Å². The van der Waals surface area contributed by atoms with Crippen molar-refractivity contribution in [3.05, 3.63) is 0 Å². The third-order valence-electron chi connectivity index (χ3n) is 9.27. The molecule has 0 bridgehead atoms. The third-order valence-corrected chi connectivity index (χ3v) is 11.6. The molecule has 0 N–H and O–H groups in total. The van der Waals surface area contributed by atoms with Crippen molar-refractivity contribution in [1.82, 2.24) is 29.4 Å². The van der Waals surface area contributed by atoms with Crippen molar-refractivity contribution < 1.29 is 42.9 Å². The summed E-state index contributed by atoms with van der Waals surface area (Å²) in [6, 6.07) is 0. The number of rotatable bonds is 2. The number of carbonyl (C=O) groups is 5. The number of thioether (sulfide) groups is 2. The van der Waals surface area contributed by atoms with Crippen LogP contribution in [0.2, 0.25) is 0 Å². The minimum Gasteiger partial charge on any atom is -0.444 e. The first-order chi connectivity index (χ1) is 28.3. The predicted octanol–water partition coefficient (Wildman–Crippen LogP) is 7.90. The SMILES string of the molecule is CC(C)(C)OC(=O)N1CCCSCCCN(CC(=O)N2CCCN(C(=O)OC(C)(C)C)CCN(C(=O)OC(C)(C)C)CCCN(C(=O)OC(C)(C)C)CC2)CCCSCCC1. The molecule has 0 aromatic carbocycles. The summed E-state index contributed by atoms with van der Waals surface area (Å²) in [6.45, 7) is 27.5. The van der Waals surface area contributed by atoms with Gasteiger partial charge in [-0.3, -0.25) is 9.69 Å². The van der Waals surface area contributed by atoms with Gasteiger partial charge in [-0.05, 0) is 158 Å². The molecule has 2 saturated heterocycles. The van der Waals surface area contributed by atoms with E-state index in [4.69, 9.17) is 18.9 Å². The summed E-state index contributed by atoms with van der Waals surface area (Å²) in [5, 5.41) is 0. The summed E-state index contributed by atoms with van der Waals surface area (Å²) < 4.78 is 23.0. The van der Waals surface area contributed by atoms with Crippen LogP contribution in [-0.4, -0.2) is 190 Å². The molecule has 0 atom stereocenters. The maximum absolute atomic E-state index is 14.3. The summed E-state index contributed by atoms with van der Waals surface area (Å²) in [5.74, 6) is 3.76. The Morgan fingerprint density at radius 3 is 0.918 bits per heavy atom. The zero-order chi connectivity index (χ0) is 45.9. The number of carbonyl (C=O) groups excluding carboxylic acids is 5. The number of nitrogens with zero attached hydrogens (tertiary/aromatic N) is 6. The molecule has 0 aromatic heterocycles. The minimum absolute atomic E-state index is 0.0203. The minimum atomic E-state index is -0.715. The fourth-order valence-corrected chi connectivity index (χ4v) is 8.23. The molecule has 2 aliphatic heterocycles. The van der Waals surface area contributed by atoms with E-state index >= 15 is 0 Å². The van der Waals surface area contributed by atoms with Crippen LogP contribution in [0, 0.1) is 0 Å². The van der Waals surface area contributed by atoms with Crippen LogP contribution in [0.25, 0.3) is 0 Å². The van der Waals surface area contributed by atoms with E-state index in [1.165, 1.54) is 0 Å². The molecule has 0 unspecified atom stereocenters. The van der Waals surface area contributed by atoms with Gasteiger partial charge in [-0.2, -0.15) is 23.5 Å². The Hall–Kier alpha value is -2.79. The average Bonchev–Trinajstić information content (AvgIpc) is 3.09. The molecule has 354 valence electrons. The summed E-state index contributed by atoms with van der Waals surface area (Å²) >= 11 is 3.74.